The summed E-state index contributed by atoms with van der Waals surface area (Å²) in [5.41, 5.74) is 1.05. The topological polar surface area (TPSA) is 54.7 Å². The Balaban J connectivity index is 1.32. The Morgan fingerprint density at radius 2 is 2.00 bits per heavy atom. The molecule has 0 radical (unpaired) electrons. The minimum Gasteiger partial charge on any atom is -0.466 e. The normalized spacial score (nSPS) is 23.0. The molecule has 1 aliphatic carbocycles. The molecule has 0 bridgehead atoms. The fraction of sp³-hybridized carbons (Fsp3) is 0.522. The number of carbonyl (C=O) groups is 1. The number of amides is 1. The van der Waals surface area contributed by atoms with Crippen molar-refractivity contribution in [3.05, 3.63) is 58.5 Å². The van der Waals surface area contributed by atoms with Gasteiger partial charge in [0.2, 0.25) is 5.91 Å². The number of hydrogen-bond donors (Lipinski definition) is 1. The standard InChI is InChI=1S/C23H29ClN2O3/c1-16-14-19(16)22-8-6-17(29-22)7-9-23(27)25-15-21(26-10-12-28-13-11-26)18-4-2-3-5-20(18)24/h2-6,8,16,19,21H,7,9-15H2,1H3,(H,25,27). The molecule has 2 heterocycles. The maximum atomic E-state index is 12.5. The molecule has 1 aliphatic heterocycles. The number of aryl methyl sites for hydroxylation is 1. The smallest absolute Gasteiger partial charge is 0.220 e. The SMILES string of the molecule is CC1CC1c1ccc(CCC(=O)NCC(c2ccccc2Cl)N2CCOCC2)o1. The van der Waals surface area contributed by atoms with Gasteiger partial charge in [0, 0.05) is 43.4 Å². The van der Waals surface area contributed by atoms with Gasteiger partial charge in [-0.3, -0.25) is 9.69 Å². The molecule has 1 saturated heterocycles. The lowest BCUT2D eigenvalue weighted by Crippen LogP contribution is -2.44. The molecular weight excluding hydrogens is 388 g/mol. The third-order valence-electron chi connectivity index (χ3n) is 6.00. The van der Waals surface area contributed by atoms with Crippen LogP contribution in [-0.4, -0.2) is 43.7 Å². The van der Waals surface area contributed by atoms with Gasteiger partial charge < -0.3 is 14.5 Å². The average Bonchev–Trinajstić information content (AvgIpc) is 3.28. The average molecular weight is 417 g/mol. The summed E-state index contributed by atoms with van der Waals surface area (Å²) in [7, 11) is 0. The predicted molar refractivity (Wildman–Crippen MR) is 113 cm³/mol. The summed E-state index contributed by atoms with van der Waals surface area (Å²) < 4.78 is 11.4. The number of furan rings is 1. The Kier molecular flexibility index (Phi) is 6.58. The summed E-state index contributed by atoms with van der Waals surface area (Å²) in [5.74, 6) is 3.29. The minimum absolute atomic E-state index is 0.0352. The van der Waals surface area contributed by atoms with Crippen molar-refractivity contribution in [2.24, 2.45) is 5.92 Å². The molecule has 1 aromatic heterocycles. The van der Waals surface area contributed by atoms with Gasteiger partial charge in [-0.25, -0.2) is 0 Å². The fourth-order valence-corrected chi connectivity index (χ4v) is 4.31. The first kappa shape index (κ1) is 20.5. The monoisotopic (exact) mass is 416 g/mol. The minimum atomic E-state index is 0.0352. The maximum absolute atomic E-state index is 12.5. The second-order valence-corrected chi connectivity index (χ2v) is 8.52. The summed E-state index contributed by atoms with van der Waals surface area (Å²) in [6, 6.07) is 12.0. The van der Waals surface area contributed by atoms with E-state index in [9.17, 15) is 4.79 Å². The third-order valence-corrected chi connectivity index (χ3v) is 6.34. The molecule has 1 saturated carbocycles. The van der Waals surface area contributed by atoms with E-state index in [1.54, 1.807) is 0 Å². The molecule has 1 aromatic carbocycles. The van der Waals surface area contributed by atoms with Gasteiger partial charge in [0.1, 0.15) is 11.5 Å². The summed E-state index contributed by atoms with van der Waals surface area (Å²) in [6.45, 7) is 5.85. The van der Waals surface area contributed by atoms with Crippen LogP contribution in [0, 0.1) is 5.92 Å². The van der Waals surface area contributed by atoms with Crippen LogP contribution in [0.5, 0.6) is 0 Å². The number of hydrogen-bond acceptors (Lipinski definition) is 4. The molecule has 29 heavy (non-hydrogen) atoms. The third kappa shape index (κ3) is 5.21. The van der Waals surface area contributed by atoms with Crippen molar-refractivity contribution in [1.82, 2.24) is 10.2 Å². The highest BCUT2D eigenvalue weighted by molar-refractivity contribution is 6.31. The van der Waals surface area contributed by atoms with E-state index in [-0.39, 0.29) is 11.9 Å². The molecule has 3 atom stereocenters. The van der Waals surface area contributed by atoms with Gasteiger partial charge in [0.25, 0.3) is 0 Å². The first-order chi connectivity index (χ1) is 14.1. The van der Waals surface area contributed by atoms with E-state index >= 15 is 0 Å². The van der Waals surface area contributed by atoms with Gasteiger partial charge >= 0.3 is 0 Å². The zero-order chi connectivity index (χ0) is 20.2. The molecule has 0 spiro atoms. The van der Waals surface area contributed by atoms with Crippen molar-refractivity contribution < 1.29 is 13.9 Å². The first-order valence-electron chi connectivity index (χ1n) is 10.5. The maximum Gasteiger partial charge on any atom is 0.220 e. The summed E-state index contributed by atoms with van der Waals surface area (Å²) in [6.07, 6.45) is 2.26. The van der Waals surface area contributed by atoms with Crippen LogP contribution in [0.25, 0.3) is 0 Å². The highest BCUT2D eigenvalue weighted by Crippen LogP contribution is 2.47. The van der Waals surface area contributed by atoms with Crippen LogP contribution in [-0.2, 0) is 16.0 Å². The van der Waals surface area contributed by atoms with Gasteiger partial charge in [0.15, 0.2) is 0 Å². The molecule has 156 valence electrons. The van der Waals surface area contributed by atoms with E-state index in [0.717, 1.165) is 41.1 Å². The van der Waals surface area contributed by atoms with Crippen molar-refractivity contribution in [2.45, 2.75) is 38.1 Å². The van der Waals surface area contributed by atoms with Crippen molar-refractivity contribution in [2.75, 3.05) is 32.8 Å². The van der Waals surface area contributed by atoms with Crippen LogP contribution in [0.4, 0.5) is 0 Å². The lowest BCUT2D eigenvalue weighted by molar-refractivity contribution is -0.121. The van der Waals surface area contributed by atoms with Crippen LogP contribution in [0.3, 0.4) is 0 Å². The summed E-state index contributed by atoms with van der Waals surface area (Å²) in [5, 5.41) is 3.84. The van der Waals surface area contributed by atoms with Crippen molar-refractivity contribution in [3.63, 3.8) is 0 Å². The first-order valence-corrected chi connectivity index (χ1v) is 10.9. The second-order valence-electron chi connectivity index (χ2n) is 8.11. The number of nitrogens with one attached hydrogen (secondary N) is 1. The van der Waals surface area contributed by atoms with Gasteiger partial charge in [-0.15, -0.1) is 0 Å². The number of carbonyl (C=O) groups excluding carboxylic acids is 1. The van der Waals surface area contributed by atoms with E-state index in [4.69, 9.17) is 20.8 Å². The van der Waals surface area contributed by atoms with Crippen LogP contribution in [0.2, 0.25) is 5.02 Å². The Morgan fingerprint density at radius 3 is 2.72 bits per heavy atom. The highest BCUT2D eigenvalue weighted by Gasteiger charge is 2.36. The van der Waals surface area contributed by atoms with E-state index in [1.807, 2.05) is 30.3 Å². The van der Waals surface area contributed by atoms with E-state index in [2.05, 4.69) is 23.2 Å². The highest BCUT2D eigenvalue weighted by atomic mass is 35.5. The molecule has 2 aromatic rings. The van der Waals surface area contributed by atoms with Gasteiger partial charge in [-0.1, -0.05) is 36.7 Å². The molecular formula is C23H29ClN2O3. The van der Waals surface area contributed by atoms with E-state index in [1.165, 1.54) is 6.42 Å². The Morgan fingerprint density at radius 1 is 1.24 bits per heavy atom. The molecule has 3 unspecified atom stereocenters. The molecule has 2 aliphatic rings. The fourth-order valence-electron chi connectivity index (χ4n) is 4.05. The van der Waals surface area contributed by atoms with Gasteiger partial charge in [-0.05, 0) is 36.1 Å². The van der Waals surface area contributed by atoms with Crippen LogP contribution >= 0.6 is 11.6 Å². The quantitative estimate of drug-likeness (QED) is 0.701. The Labute approximate surface area is 177 Å². The number of rotatable bonds is 8. The molecule has 1 N–H and O–H groups in total. The largest absolute Gasteiger partial charge is 0.466 e. The van der Waals surface area contributed by atoms with Crippen molar-refractivity contribution >= 4 is 17.5 Å². The van der Waals surface area contributed by atoms with Crippen LogP contribution in [0.1, 0.15) is 48.8 Å². The second kappa shape index (κ2) is 9.33. The van der Waals surface area contributed by atoms with Gasteiger partial charge in [-0.2, -0.15) is 0 Å². The zero-order valence-corrected chi connectivity index (χ0v) is 17.7. The summed E-state index contributed by atoms with van der Waals surface area (Å²) >= 11 is 6.45. The zero-order valence-electron chi connectivity index (χ0n) is 16.9. The molecule has 4 rings (SSSR count). The number of morpholine rings is 1. The van der Waals surface area contributed by atoms with E-state index in [0.29, 0.717) is 38.5 Å². The molecule has 5 nitrogen and oxygen atoms in total. The Hall–Kier alpha value is -1.82. The predicted octanol–water partition coefficient (Wildman–Crippen LogP) is 4.18. The number of halogens is 1. The van der Waals surface area contributed by atoms with Crippen LogP contribution in [0.15, 0.2) is 40.8 Å². The number of ether oxygens (including phenoxy) is 1. The lowest BCUT2D eigenvalue weighted by Gasteiger charge is -2.35. The lowest BCUT2D eigenvalue weighted by atomic mass is 10.0. The van der Waals surface area contributed by atoms with Crippen LogP contribution < -0.4 is 5.32 Å². The number of nitrogens with zero attached hydrogens (tertiary/aromatic N) is 1. The molecule has 6 heteroatoms. The number of benzene rings is 1. The van der Waals surface area contributed by atoms with Crippen molar-refractivity contribution in [3.8, 4) is 0 Å². The molecule has 1 amide bonds. The van der Waals surface area contributed by atoms with Crippen molar-refractivity contribution in [1.29, 1.82) is 0 Å². The van der Waals surface area contributed by atoms with E-state index < -0.39 is 0 Å². The Bertz CT molecular complexity index is 831. The summed E-state index contributed by atoms with van der Waals surface area (Å²) in [4.78, 5) is 14.8. The molecule has 2 fully saturated rings. The van der Waals surface area contributed by atoms with Gasteiger partial charge in [0.05, 0.1) is 19.3 Å².